The summed E-state index contributed by atoms with van der Waals surface area (Å²) < 4.78 is 10.9. The van der Waals surface area contributed by atoms with Crippen LogP contribution < -0.4 is 10.1 Å². The SMILES string of the molecule is Cc1noc(C)c1COc1cccc(C(=O)NC(C)c2cccc(Cl)c2)c1. The van der Waals surface area contributed by atoms with Gasteiger partial charge in [0, 0.05) is 10.6 Å². The summed E-state index contributed by atoms with van der Waals surface area (Å²) in [6, 6.07) is 14.4. The van der Waals surface area contributed by atoms with E-state index in [1.165, 1.54) is 0 Å². The van der Waals surface area contributed by atoms with Gasteiger partial charge >= 0.3 is 0 Å². The molecular formula is C21H21ClN2O3. The first kappa shape index (κ1) is 19.0. The van der Waals surface area contributed by atoms with Crippen LogP contribution in [0.15, 0.2) is 53.1 Å². The summed E-state index contributed by atoms with van der Waals surface area (Å²) >= 11 is 6.02. The van der Waals surface area contributed by atoms with Gasteiger partial charge < -0.3 is 14.6 Å². The molecule has 6 heteroatoms. The second-order valence-electron chi connectivity index (χ2n) is 6.37. The highest BCUT2D eigenvalue weighted by molar-refractivity contribution is 6.30. The Bertz CT molecular complexity index is 933. The predicted octanol–water partition coefficient (Wildman–Crippen LogP) is 5.01. The summed E-state index contributed by atoms with van der Waals surface area (Å²) in [6.07, 6.45) is 0. The molecular weight excluding hydrogens is 364 g/mol. The second-order valence-corrected chi connectivity index (χ2v) is 6.81. The number of carbonyl (C=O) groups is 1. The van der Waals surface area contributed by atoms with Crippen LogP contribution in [0.2, 0.25) is 5.02 Å². The lowest BCUT2D eigenvalue weighted by molar-refractivity contribution is 0.0939. The Morgan fingerprint density at radius 3 is 2.70 bits per heavy atom. The summed E-state index contributed by atoms with van der Waals surface area (Å²) in [4.78, 5) is 12.6. The van der Waals surface area contributed by atoms with E-state index >= 15 is 0 Å². The number of ether oxygens (including phenoxy) is 1. The van der Waals surface area contributed by atoms with Crippen LogP contribution in [0.4, 0.5) is 0 Å². The Hall–Kier alpha value is -2.79. The monoisotopic (exact) mass is 384 g/mol. The third-order valence-electron chi connectivity index (χ3n) is 4.36. The standard InChI is InChI=1S/C21H21ClN2O3/c1-13(16-6-4-8-18(22)10-16)23-21(25)17-7-5-9-19(11-17)26-12-20-14(2)24-27-15(20)3/h4-11,13H,12H2,1-3H3,(H,23,25). The molecule has 0 aliphatic rings. The van der Waals surface area contributed by atoms with E-state index in [1.807, 2.05) is 45.0 Å². The van der Waals surface area contributed by atoms with Gasteiger partial charge in [0.2, 0.25) is 0 Å². The number of aryl methyl sites for hydroxylation is 2. The molecule has 1 unspecified atom stereocenters. The Kier molecular flexibility index (Phi) is 5.81. The van der Waals surface area contributed by atoms with Gasteiger partial charge in [-0.3, -0.25) is 4.79 Å². The first-order valence-corrected chi connectivity index (χ1v) is 9.03. The summed E-state index contributed by atoms with van der Waals surface area (Å²) in [7, 11) is 0. The molecule has 0 aliphatic carbocycles. The van der Waals surface area contributed by atoms with Gasteiger partial charge in [-0.15, -0.1) is 0 Å². The number of nitrogens with one attached hydrogen (secondary N) is 1. The molecule has 1 aromatic heterocycles. The van der Waals surface area contributed by atoms with Crippen molar-refractivity contribution in [2.45, 2.75) is 33.4 Å². The van der Waals surface area contributed by atoms with Crippen LogP contribution in [0, 0.1) is 13.8 Å². The van der Waals surface area contributed by atoms with Gasteiger partial charge in [0.15, 0.2) is 0 Å². The van der Waals surface area contributed by atoms with E-state index in [0.29, 0.717) is 22.9 Å². The van der Waals surface area contributed by atoms with Crippen LogP contribution in [0.5, 0.6) is 5.75 Å². The maximum absolute atomic E-state index is 12.6. The lowest BCUT2D eigenvalue weighted by Crippen LogP contribution is -2.26. The molecule has 1 N–H and O–H groups in total. The quantitative estimate of drug-likeness (QED) is 0.648. The molecule has 3 aromatic rings. The average Bonchev–Trinajstić information content (AvgIpc) is 2.98. The van der Waals surface area contributed by atoms with Crippen molar-refractivity contribution in [3.63, 3.8) is 0 Å². The topological polar surface area (TPSA) is 64.4 Å². The molecule has 0 saturated heterocycles. The number of aromatic nitrogens is 1. The number of amides is 1. The molecule has 27 heavy (non-hydrogen) atoms. The van der Waals surface area contributed by atoms with E-state index in [1.54, 1.807) is 24.3 Å². The zero-order valence-electron chi connectivity index (χ0n) is 15.5. The van der Waals surface area contributed by atoms with Gasteiger partial charge in [0.25, 0.3) is 5.91 Å². The predicted molar refractivity (Wildman–Crippen MR) is 104 cm³/mol. The summed E-state index contributed by atoms with van der Waals surface area (Å²) in [5, 5.41) is 7.53. The molecule has 3 rings (SSSR count). The van der Waals surface area contributed by atoms with Gasteiger partial charge in [-0.25, -0.2) is 0 Å². The Balaban J connectivity index is 1.66. The van der Waals surface area contributed by atoms with Crippen molar-refractivity contribution < 1.29 is 14.1 Å². The smallest absolute Gasteiger partial charge is 0.251 e. The molecule has 0 radical (unpaired) electrons. The largest absolute Gasteiger partial charge is 0.489 e. The van der Waals surface area contributed by atoms with Gasteiger partial charge in [-0.1, -0.05) is 35.0 Å². The molecule has 0 spiro atoms. The van der Waals surface area contributed by atoms with Gasteiger partial charge in [-0.2, -0.15) is 0 Å². The first-order chi connectivity index (χ1) is 12.9. The van der Waals surface area contributed by atoms with Crippen molar-refractivity contribution in [2.24, 2.45) is 0 Å². The van der Waals surface area contributed by atoms with Crippen molar-refractivity contribution in [3.8, 4) is 5.75 Å². The highest BCUT2D eigenvalue weighted by atomic mass is 35.5. The minimum atomic E-state index is -0.176. The highest BCUT2D eigenvalue weighted by Crippen LogP contribution is 2.20. The summed E-state index contributed by atoms with van der Waals surface area (Å²) in [6.45, 7) is 5.97. The number of rotatable bonds is 6. The number of hydrogen-bond acceptors (Lipinski definition) is 4. The van der Waals surface area contributed by atoms with Gasteiger partial charge in [-0.05, 0) is 56.7 Å². The van der Waals surface area contributed by atoms with Crippen LogP contribution in [0.1, 0.15) is 45.9 Å². The zero-order chi connectivity index (χ0) is 19.4. The molecule has 0 bridgehead atoms. The third kappa shape index (κ3) is 4.68. The average molecular weight is 385 g/mol. The van der Waals surface area contributed by atoms with E-state index in [9.17, 15) is 4.79 Å². The fraction of sp³-hybridized carbons (Fsp3) is 0.238. The lowest BCUT2D eigenvalue weighted by atomic mass is 10.1. The Morgan fingerprint density at radius 1 is 1.22 bits per heavy atom. The molecule has 0 aliphatic heterocycles. The Morgan fingerprint density at radius 2 is 2.00 bits per heavy atom. The van der Waals surface area contributed by atoms with E-state index in [2.05, 4.69) is 10.5 Å². The van der Waals surface area contributed by atoms with Crippen LogP contribution in [-0.4, -0.2) is 11.1 Å². The van der Waals surface area contributed by atoms with Crippen molar-refractivity contribution in [3.05, 3.63) is 81.7 Å². The maximum atomic E-state index is 12.6. The second kappa shape index (κ2) is 8.27. The van der Waals surface area contributed by atoms with E-state index in [4.69, 9.17) is 20.9 Å². The molecule has 1 amide bonds. The minimum Gasteiger partial charge on any atom is -0.489 e. The molecule has 140 valence electrons. The fourth-order valence-electron chi connectivity index (χ4n) is 2.73. The molecule has 0 fully saturated rings. The molecule has 0 saturated carbocycles. The van der Waals surface area contributed by atoms with Crippen molar-refractivity contribution in [1.82, 2.24) is 10.5 Å². The van der Waals surface area contributed by atoms with E-state index < -0.39 is 0 Å². The summed E-state index contributed by atoms with van der Waals surface area (Å²) in [5.41, 5.74) is 3.19. The number of nitrogens with zero attached hydrogens (tertiary/aromatic N) is 1. The summed E-state index contributed by atoms with van der Waals surface area (Å²) in [5.74, 6) is 1.17. The molecule has 1 atom stereocenters. The highest BCUT2D eigenvalue weighted by Gasteiger charge is 2.13. The van der Waals surface area contributed by atoms with E-state index in [0.717, 1.165) is 22.6 Å². The Labute approximate surface area is 163 Å². The molecule has 5 nitrogen and oxygen atoms in total. The van der Waals surface area contributed by atoms with Crippen LogP contribution in [0.25, 0.3) is 0 Å². The van der Waals surface area contributed by atoms with Gasteiger partial charge in [0.05, 0.1) is 17.3 Å². The van der Waals surface area contributed by atoms with E-state index in [-0.39, 0.29) is 11.9 Å². The lowest BCUT2D eigenvalue weighted by Gasteiger charge is -2.15. The maximum Gasteiger partial charge on any atom is 0.251 e. The van der Waals surface area contributed by atoms with Crippen molar-refractivity contribution in [2.75, 3.05) is 0 Å². The number of hydrogen-bond donors (Lipinski definition) is 1. The number of benzene rings is 2. The van der Waals surface area contributed by atoms with Crippen LogP contribution in [0.3, 0.4) is 0 Å². The first-order valence-electron chi connectivity index (χ1n) is 8.65. The third-order valence-corrected chi connectivity index (χ3v) is 4.59. The number of halogens is 1. The zero-order valence-corrected chi connectivity index (χ0v) is 16.2. The van der Waals surface area contributed by atoms with Crippen molar-refractivity contribution >= 4 is 17.5 Å². The fourth-order valence-corrected chi connectivity index (χ4v) is 2.93. The molecule has 2 aromatic carbocycles. The van der Waals surface area contributed by atoms with Crippen LogP contribution in [-0.2, 0) is 6.61 Å². The minimum absolute atomic E-state index is 0.164. The number of carbonyl (C=O) groups excluding carboxylic acids is 1. The van der Waals surface area contributed by atoms with Crippen LogP contribution >= 0.6 is 11.6 Å². The van der Waals surface area contributed by atoms with Gasteiger partial charge in [0.1, 0.15) is 18.1 Å². The normalized spacial score (nSPS) is 11.9. The molecule has 1 heterocycles. The van der Waals surface area contributed by atoms with Crippen molar-refractivity contribution in [1.29, 1.82) is 0 Å².